The Morgan fingerprint density at radius 2 is 1.65 bits per heavy atom. The monoisotopic (exact) mass is 267 g/mol. The summed E-state index contributed by atoms with van der Waals surface area (Å²) in [5.41, 5.74) is 1.65. The van der Waals surface area contributed by atoms with E-state index in [1.54, 1.807) is 0 Å². The van der Waals surface area contributed by atoms with E-state index in [9.17, 15) is 4.79 Å². The molecule has 2 aromatic carbocycles. The summed E-state index contributed by atoms with van der Waals surface area (Å²) in [6, 6.07) is 18.9. The molecule has 0 heterocycles. The third-order valence-electron chi connectivity index (χ3n) is 2.75. The fourth-order valence-electron chi connectivity index (χ4n) is 1.82. The van der Waals surface area contributed by atoms with E-state index in [2.05, 4.69) is 5.32 Å². The minimum Gasteiger partial charge on any atom is -0.437 e. The van der Waals surface area contributed by atoms with Crippen LogP contribution in [0.2, 0.25) is 0 Å². The van der Waals surface area contributed by atoms with E-state index < -0.39 is 6.09 Å². The van der Waals surface area contributed by atoms with Crippen LogP contribution in [0.3, 0.4) is 0 Å². The highest BCUT2D eigenvalue weighted by Crippen LogP contribution is 2.19. The van der Waals surface area contributed by atoms with Crippen LogP contribution >= 0.6 is 0 Å². The molecule has 0 radical (unpaired) electrons. The van der Waals surface area contributed by atoms with Gasteiger partial charge in [0, 0.05) is 5.69 Å². The van der Waals surface area contributed by atoms with Crippen LogP contribution < -0.4 is 5.32 Å². The van der Waals surface area contributed by atoms with Gasteiger partial charge in [-0.2, -0.15) is 0 Å². The van der Waals surface area contributed by atoms with Gasteiger partial charge in [0.15, 0.2) is 0 Å². The Kier molecular flexibility index (Phi) is 4.95. The Hall–Kier alpha value is -2.55. The van der Waals surface area contributed by atoms with E-state index in [0.29, 0.717) is 5.69 Å². The maximum absolute atomic E-state index is 11.9. The van der Waals surface area contributed by atoms with Crippen LogP contribution in [0.4, 0.5) is 10.5 Å². The third-order valence-corrected chi connectivity index (χ3v) is 2.75. The number of ether oxygens (including phenoxy) is 1. The lowest BCUT2D eigenvalue weighted by molar-refractivity contribution is 0.134. The Balaban J connectivity index is 2.03. The van der Waals surface area contributed by atoms with Crippen molar-refractivity contribution in [2.75, 3.05) is 5.32 Å². The largest absolute Gasteiger partial charge is 0.437 e. The zero-order valence-corrected chi connectivity index (χ0v) is 11.3. The first-order chi connectivity index (χ1) is 9.79. The molecule has 3 nitrogen and oxygen atoms in total. The third kappa shape index (κ3) is 3.99. The van der Waals surface area contributed by atoms with Crippen LogP contribution in [-0.2, 0) is 4.74 Å². The zero-order valence-electron chi connectivity index (χ0n) is 11.3. The standard InChI is InChI=1S/C17H17NO2/c1-2-9-16(14-10-5-3-6-11-14)20-17(19)18-15-12-7-4-8-13-15/h2-13,16H,1H3,(H,18,19)/b9-2-. The molecule has 0 aliphatic heterocycles. The SMILES string of the molecule is C/C=C\C(OC(=O)Nc1ccccc1)c1ccccc1. The predicted octanol–water partition coefficient (Wildman–Crippen LogP) is 4.55. The summed E-state index contributed by atoms with van der Waals surface area (Å²) in [5, 5.41) is 2.71. The molecule has 2 aromatic rings. The molecule has 1 N–H and O–H groups in total. The summed E-state index contributed by atoms with van der Waals surface area (Å²) in [7, 11) is 0. The van der Waals surface area contributed by atoms with Gasteiger partial charge < -0.3 is 4.74 Å². The Bertz CT molecular complexity index is 564. The van der Waals surface area contributed by atoms with Crippen molar-refractivity contribution in [1.29, 1.82) is 0 Å². The van der Waals surface area contributed by atoms with Crippen LogP contribution in [0.15, 0.2) is 72.8 Å². The number of amides is 1. The Morgan fingerprint density at radius 1 is 1.05 bits per heavy atom. The first-order valence-corrected chi connectivity index (χ1v) is 6.50. The van der Waals surface area contributed by atoms with Gasteiger partial charge in [-0.3, -0.25) is 5.32 Å². The molecule has 0 aliphatic carbocycles. The first kappa shape index (κ1) is 13.9. The lowest BCUT2D eigenvalue weighted by Crippen LogP contribution is -2.16. The van der Waals surface area contributed by atoms with Crippen LogP contribution in [0.5, 0.6) is 0 Å². The fourth-order valence-corrected chi connectivity index (χ4v) is 1.82. The van der Waals surface area contributed by atoms with Gasteiger partial charge in [0.05, 0.1) is 0 Å². The van der Waals surface area contributed by atoms with Crippen molar-refractivity contribution in [1.82, 2.24) is 0 Å². The Labute approximate surface area is 118 Å². The van der Waals surface area contributed by atoms with Gasteiger partial charge in [0.2, 0.25) is 0 Å². The van der Waals surface area contributed by atoms with E-state index in [-0.39, 0.29) is 6.10 Å². The van der Waals surface area contributed by atoms with Crippen molar-refractivity contribution in [3.8, 4) is 0 Å². The average molecular weight is 267 g/mol. The van der Waals surface area contributed by atoms with Crippen LogP contribution in [0, 0.1) is 0 Å². The summed E-state index contributed by atoms with van der Waals surface area (Å²) in [5.74, 6) is 0. The van der Waals surface area contributed by atoms with Crippen LogP contribution in [-0.4, -0.2) is 6.09 Å². The molecule has 0 aromatic heterocycles. The molecule has 1 amide bonds. The number of allylic oxidation sites excluding steroid dienone is 1. The molecule has 3 heteroatoms. The molecule has 20 heavy (non-hydrogen) atoms. The van der Waals surface area contributed by atoms with Crippen molar-refractivity contribution in [2.24, 2.45) is 0 Å². The number of carbonyl (C=O) groups excluding carboxylic acids is 1. The lowest BCUT2D eigenvalue weighted by Gasteiger charge is -2.15. The van der Waals surface area contributed by atoms with E-state index in [1.807, 2.05) is 79.7 Å². The number of carbonyl (C=O) groups is 1. The van der Waals surface area contributed by atoms with Gasteiger partial charge in [-0.15, -0.1) is 0 Å². The topological polar surface area (TPSA) is 38.3 Å². The Morgan fingerprint density at radius 3 is 2.25 bits per heavy atom. The molecule has 0 bridgehead atoms. The molecular formula is C17H17NO2. The highest BCUT2D eigenvalue weighted by atomic mass is 16.6. The average Bonchev–Trinajstić information content (AvgIpc) is 2.49. The van der Waals surface area contributed by atoms with Crippen molar-refractivity contribution in [2.45, 2.75) is 13.0 Å². The van der Waals surface area contributed by atoms with E-state index in [4.69, 9.17) is 4.74 Å². The van der Waals surface area contributed by atoms with Crippen molar-refractivity contribution >= 4 is 11.8 Å². The molecule has 1 atom stereocenters. The van der Waals surface area contributed by atoms with Gasteiger partial charge in [0.25, 0.3) is 0 Å². The summed E-state index contributed by atoms with van der Waals surface area (Å²) in [6.45, 7) is 1.90. The minimum atomic E-state index is -0.469. The van der Waals surface area contributed by atoms with Crippen molar-refractivity contribution < 1.29 is 9.53 Å². The number of benzene rings is 2. The van der Waals surface area contributed by atoms with Crippen molar-refractivity contribution in [3.05, 3.63) is 78.4 Å². The van der Waals surface area contributed by atoms with Gasteiger partial charge in [0.1, 0.15) is 6.10 Å². The number of para-hydroxylation sites is 1. The molecule has 2 rings (SSSR count). The number of hydrogen-bond donors (Lipinski definition) is 1. The molecule has 0 saturated heterocycles. The molecule has 102 valence electrons. The van der Waals surface area contributed by atoms with Gasteiger partial charge in [-0.25, -0.2) is 4.79 Å². The van der Waals surface area contributed by atoms with Gasteiger partial charge >= 0.3 is 6.09 Å². The molecule has 1 unspecified atom stereocenters. The summed E-state index contributed by atoms with van der Waals surface area (Å²) >= 11 is 0. The molecular weight excluding hydrogens is 250 g/mol. The van der Waals surface area contributed by atoms with Crippen LogP contribution in [0.25, 0.3) is 0 Å². The molecule has 0 saturated carbocycles. The quantitative estimate of drug-likeness (QED) is 0.825. The predicted molar refractivity (Wildman–Crippen MR) is 80.5 cm³/mol. The summed E-state index contributed by atoms with van der Waals surface area (Å²) < 4.78 is 5.44. The number of nitrogens with one attached hydrogen (secondary N) is 1. The molecule has 0 spiro atoms. The molecule has 0 aliphatic rings. The highest BCUT2D eigenvalue weighted by molar-refractivity contribution is 5.84. The number of hydrogen-bond acceptors (Lipinski definition) is 2. The lowest BCUT2D eigenvalue weighted by atomic mass is 10.1. The first-order valence-electron chi connectivity index (χ1n) is 6.50. The maximum Gasteiger partial charge on any atom is 0.412 e. The maximum atomic E-state index is 11.9. The summed E-state index contributed by atoms with van der Waals surface area (Å²) in [6.07, 6.45) is 2.86. The molecule has 0 fully saturated rings. The van der Waals surface area contributed by atoms with E-state index in [1.165, 1.54) is 0 Å². The normalized spacial score (nSPS) is 12.1. The second kappa shape index (κ2) is 7.14. The number of anilines is 1. The van der Waals surface area contributed by atoms with Crippen molar-refractivity contribution in [3.63, 3.8) is 0 Å². The minimum absolute atomic E-state index is 0.384. The van der Waals surface area contributed by atoms with Crippen LogP contribution in [0.1, 0.15) is 18.6 Å². The number of rotatable bonds is 4. The summed E-state index contributed by atoms with van der Waals surface area (Å²) in [4.78, 5) is 11.9. The fraction of sp³-hybridized carbons (Fsp3) is 0.118. The van der Waals surface area contributed by atoms with Gasteiger partial charge in [-0.1, -0.05) is 54.6 Å². The van der Waals surface area contributed by atoms with Gasteiger partial charge in [-0.05, 0) is 30.7 Å². The second-order valence-corrected chi connectivity index (χ2v) is 4.25. The van der Waals surface area contributed by atoms with E-state index >= 15 is 0 Å². The highest BCUT2D eigenvalue weighted by Gasteiger charge is 2.13. The van der Waals surface area contributed by atoms with E-state index in [0.717, 1.165) is 5.56 Å². The second-order valence-electron chi connectivity index (χ2n) is 4.25. The zero-order chi connectivity index (χ0) is 14.2. The smallest absolute Gasteiger partial charge is 0.412 e.